The van der Waals surface area contributed by atoms with Crippen molar-refractivity contribution in [2.75, 3.05) is 0 Å². The van der Waals surface area contributed by atoms with Crippen molar-refractivity contribution in [1.82, 2.24) is 0 Å². The molecule has 0 saturated heterocycles. The second-order valence-electron chi connectivity index (χ2n) is 9.91. The summed E-state index contributed by atoms with van der Waals surface area (Å²) in [4.78, 5) is 0. The zero-order chi connectivity index (χ0) is 31.8. The summed E-state index contributed by atoms with van der Waals surface area (Å²) in [5.74, 6) is 0.680. The van der Waals surface area contributed by atoms with E-state index in [0.717, 1.165) is 27.8 Å². The van der Waals surface area contributed by atoms with Crippen LogP contribution < -0.4 is 2.85 Å². The van der Waals surface area contributed by atoms with Gasteiger partial charge in [0.05, 0.1) is 0 Å². The van der Waals surface area contributed by atoms with Crippen LogP contribution in [0.4, 0.5) is 0 Å². The molecule has 5 aromatic carbocycles. The van der Waals surface area contributed by atoms with Crippen molar-refractivity contribution in [3.05, 3.63) is 173 Å². The molecule has 0 aliphatic heterocycles. The predicted octanol–water partition coefficient (Wildman–Crippen LogP) is 10.6. The first kappa shape index (κ1) is 36.2. The van der Waals surface area contributed by atoms with Crippen molar-refractivity contribution >= 4 is 25.7 Å². The second-order valence-corrected chi connectivity index (χ2v) is 39.4. The molecule has 0 aromatic heterocycles. The number of aryl methyl sites for hydroxylation is 1. The van der Waals surface area contributed by atoms with E-state index in [0.29, 0.717) is 32.2 Å². The van der Waals surface area contributed by atoms with E-state index in [9.17, 15) is 0 Å². The van der Waals surface area contributed by atoms with Gasteiger partial charge < -0.3 is 0 Å². The molecule has 0 heterocycles. The number of para-hydroxylation sites is 1. The van der Waals surface area contributed by atoms with Gasteiger partial charge in [-0.05, 0) is 0 Å². The van der Waals surface area contributed by atoms with E-state index < -0.39 is 38.6 Å². The number of benzene rings is 5. The Morgan fingerprint density at radius 3 is 1.00 bits per heavy atom. The minimum absolute atomic E-state index is 0.376. The van der Waals surface area contributed by atoms with E-state index in [-0.39, 0.29) is 0 Å². The van der Waals surface area contributed by atoms with Crippen LogP contribution in [0.2, 0.25) is 0 Å². The third-order valence-corrected chi connectivity index (χ3v) is 17.0. The van der Waals surface area contributed by atoms with Gasteiger partial charge in [-0.25, -0.2) is 0 Å². The van der Waals surface area contributed by atoms with Crippen LogP contribution in [0.1, 0.15) is 27.8 Å². The van der Waals surface area contributed by atoms with Gasteiger partial charge in [-0.2, -0.15) is 0 Å². The Bertz CT molecular complexity index is 1350. The van der Waals surface area contributed by atoms with E-state index in [4.69, 9.17) is 40.0 Å². The van der Waals surface area contributed by atoms with Gasteiger partial charge in [-0.1, -0.05) is 0 Å². The average Bonchev–Trinajstić information content (AvgIpc) is 3.07. The van der Waals surface area contributed by atoms with E-state index >= 15 is 0 Å². The molecule has 5 aromatic rings. The first-order chi connectivity index (χ1) is 21.8. The summed E-state index contributed by atoms with van der Waals surface area (Å²) in [7, 11) is 17.0. The molecule has 0 radical (unpaired) electrons. The quantitative estimate of drug-likeness (QED) is 0.104. The van der Waals surface area contributed by atoms with E-state index in [1.807, 2.05) is 146 Å². The molecule has 0 fully saturated rings. The third kappa shape index (κ3) is 13.9. The van der Waals surface area contributed by atoms with Crippen molar-refractivity contribution in [2.24, 2.45) is 0 Å². The van der Waals surface area contributed by atoms with Crippen molar-refractivity contribution in [2.45, 2.75) is 33.4 Å². The SMILES string of the molecule is Cc1ccccc1[O][Hf]([Cl])([Cl])[Cl].c1ccc(C[O][Hf]([O]Cc2ccccc2)([O]Cc2ccccc2)[O]Cc2ccccc2)cc1. The molecule has 5 nitrogen and oxygen atoms in total. The molecule has 0 spiro atoms. The normalized spacial score (nSPS) is 11.4. The van der Waals surface area contributed by atoms with Gasteiger partial charge >= 0.3 is 291 Å². The van der Waals surface area contributed by atoms with Crippen LogP contribution in [-0.4, -0.2) is 0 Å². The zero-order valence-electron chi connectivity index (χ0n) is 24.9. The van der Waals surface area contributed by atoms with Crippen LogP contribution in [0.25, 0.3) is 0 Å². The van der Waals surface area contributed by atoms with Gasteiger partial charge in [0.2, 0.25) is 0 Å². The fourth-order valence-electron chi connectivity index (χ4n) is 4.03. The molecule has 0 aliphatic rings. The molecular weight excluding hydrogens is 964 g/mol. The van der Waals surface area contributed by atoms with E-state index in [1.165, 1.54) is 0 Å². The van der Waals surface area contributed by atoms with Crippen molar-refractivity contribution in [1.29, 1.82) is 0 Å². The first-order valence-corrected chi connectivity index (χ1v) is 35.0. The standard InChI is InChI=1S/C7H8O.4C7H7O.3ClH.2Hf/c1-6-4-2-3-5-7(6)8;4*8-6-7-4-2-1-3-5-7;;;;;/h2-5,8H,1H3;4*1-5H,6H2;3*1H;;/q;4*-1;;;;2*+4/p-4. The molecule has 10 heteroatoms. The van der Waals surface area contributed by atoms with Gasteiger partial charge in [-0.15, -0.1) is 0 Å². The monoisotopic (exact) mass is 1000 g/mol. The Hall–Kier alpha value is -1.65. The molecule has 234 valence electrons. The maximum atomic E-state index is 6.44. The van der Waals surface area contributed by atoms with Crippen LogP contribution in [0.3, 0.4) is 0 Å². The topological polar surface area (TPSA) is 46.2 Å². The average molecular weight is 999 g/mol. The van der Waals surface area contributed by atoms with Crippen LogP contribution in [0, 0.1) is 6.92 Å². The second kappa shape index (κ2) is 19.2. The Kier molecular flexibility index (Phi) is 15.5. The summed E-state index contributed by atoms with van der Waals surface area (Å²) in [6, 6.07) is 47.7. The van der Waals surface area contributed by atoms with Crippen LogP contribution in [0.15, 0.2) is 146 Å². The van der Waals surface area contributed by atoms with Gasteiger partial charge in [0.15, 0.2) is 0 Å². The summed E-state index contributed by atoms with van der Waals surface area (Å²) in [6.07, 6.45) is 0. The van der Waals surface area contributed by atoms with Crippen LogP contribution >= 0.6 is 25.7 Å². The summed E-state index contributed by atoms with van der Waals surface area (Å²) in [5, 5.41) is 0. The molecule has 0 atom stereocenters. The van der Waals surface area contributed by atoms with E-state index in [2.05, 4.69) is 0 Å². The van der Waals surface area contributed by atoms with Crippen molar-refractivity contribution in [3.8, 4) is 5.75 Å². The molecule has 5 rings (SSSR count). The summed E-state index contributed by atoms with van der Waals surface area (Å²) in [6.45, 7) is 3.42. The van der Waals surface area contributed by atoms with Gasteiger partial charge in [0.25, 0.3) is 0 Å². The number of hydrogen-bond acceptors (Lipinski definition) is 5. The molecule has 45 heavy (non-hydrogen) atoms. The zero-order valence-corrected chi connectivity index (χ0v) is 34.3. The molecule has 0 bridgehead atoms. The molecular formula is C35H35Cl3Hf2O5. The number of hydrogen-bond donors (Lipinski definition) is 0. The van der Waals surface area contributed by atoms with Crippen LogP contribution in [-0.2, 0) is 76.4 Å². The summed E-state index contributed by atoms with van der Waals surface area (Å²) in [5.41, 5.74) is 5.20. The third-order valence-electron chi connectivity index (χ3n) is 6.35. The fraction of sp³-hybridized carbons (Fsp3) is 0.143. The minimum atomic E-state index is -4.63. The number of halogens is 3. The Balaban J connectivity index is 0.000000323. The number of rotatable bonds is 14. The molecule has 0 N–H and O–H groups in total. The predicted molar refractivity (Wildman–Crippen MR) is 174 cm³/mol. The molecule has 0 amide bonds. The van der Waals surface area contributed by atoms with Crippen LogP contribution in [0.5, 0.6) is 5.75 Å². The molecule has 0 unspecified atom stereocenters. The maximum absolute atomic E-state index is 6.44. The Morgan fingerprint density at radius 2 is 0.711 bits per heavy atom. The van der Waals surface area contributed by atoms with Gasteiger partial charge in [-0.3, -0.25) is 0 Å². The van der Waals surface area contributed by atoms with Crippen molar-refractivity contribution < 1.29 is 52.8 Å². The van der Waals surface area contributed by atoms with Gasteiger partial charge in [0, 0.05) is 0 Å². The Morgan fingerprint density at radius 1 is 0.422 bits per heavy atom. The van der Waals surface area contributed by atoms with Gasteiger partial charge in [0.1, 0.15) is 0 Å². The molecule has 0 aliphatic carbocycles. The summed E-state index contributed by atoms with van der Waals surface area (Å²) >= 11 is -8.44. The van der Waals surface area contributed by atoms with E-state index in [1.54, 1.807) is 6.07 Å². The first-order valence-electron chi connectivity index (χ1n) is 14.3. The van der Waals surface area contributed by atoms with Crippen molar-refractivity contribution in [3.63, 3.8) is 0 Å². The summed E-state index contributed by atoms with van der Waals surface area (Å²) < 4.78 is 31.0. The Labute approximate surface area is 288 Å². The fourth-order valence-corrected chi connectivity index (χ4v) is 14.5. The molecule has 0 saturated carbocycles.